The third-order valence-corrected chi connectivity index (χ3v) is 8.00. The highest BCUT2D eigenvalue weighted by molar-refractivity contribution is 5.99. The highest BCUT2D eigenvalue weighted by Crippen LogP contribution is 2.40. The van der Waals surface area contributed by atoms with Crippen LogP contribution in [0.1, 0.15) is 98.1 Å². The van der Waals surface area contributed by atoms with Crippen molar-refractivity contribution < 1.29 is 8.78 Å². The maximum absolute atomic E-state index is 15.2. The van der Waals surface area contributed by atoms with Crippen molar-refractivity contribution in [1.82, 2.24) is 0 Å². The SMILES string of the molecule is CCCCF.Cc1ccc(/C2=C(\c3ccc(CC4CCCC4)cc3)c3ccc(N)cc3CCCC2)c(F)c1. The predicted octanol–water partition coefficient (Wildman–Crippen LogP) is 9.89. The second kappa shape index (κ2) is 13.7. The molecule has 0 spiro atoms. The van der Waals surface area contributed by atoms with Crippen LogP contribution in [0.2, 0.25) is 0 Å². The topological polar surface area (TPSA) is 26.0 Å². The lowest BCUT2D eigenvalue weighted by Crippen LogP contribution is -2.06. The second-order valence-electron chi connectivity index (χ2n) is 11.1. The van der Waals surface area contributed by atoms with Crippen molar-refractivity contribution in [3.8, 4) is 0 Å². The summed E-state index contributed by atoms with van der Waals surface area (Å²) in [6.45, 7) is 3.76. The highest BCUT2D eigenvalue weighted by atomic mass is 19.1. The molecule has 3 heteroatoms. The van der Waals surface area contributed by atoms with E-state index < -0.39 is 0 Å². The Kier molecular flexibility index (Phi) is 10.1. The molecule has 0 unspecified atom stereocenters. The first kappa shape index (κ1) is 28.1. The Morgan fingerprint density at radius 3 is 2.21 bits per heavy atom. The van der Waals surface area contributed by atoms with Gasteiger partial charge in [-0.25, -0.2) is 4.39 Å². The molecule has 0 bridgehead atoms. The smallest absolute Gasteiger partial charge is 0.130 e. The minimum absolute atomic E-state index is 0.127. The van der Waals surface area contributed by atoms with Crippen LogP contribution in [0.25, 0.3) is 11.1 Å². The molecule has 38 heavy (non-hydrogen) atoms. The number of halogens is 2. The normalized spacial score (nSPS) is 17.8. The summed E-state index contributed by atoms with van der Waals surface area (Å²) in [5, 5.41) is 0. The number of hydrogen-bond donors (Lipinski definition) is 1. The molecular weight excluding hydrogens is 472 g/mol. The third kappa shape index (κ3) is 7.12. The summed E-state index contributed by atoms with van der Waals surface area (Å²) in [6, 6.07) is 21.0. The number of aryl methyl sites for hydroxylation is 2. The first-order valence-corrected chi connectivity index (χ1v) is 14.5. The van der Waals surface area contributed by atoms with Crippen molar-refractivity contribution in [2.45, 2.75) is 84.5 Å². The lowest BCUT2D eigenvalue weighted by Gasteiger charge is -2.23. The van der Waals surface area contributed by atoms with Crippen molar-refractivity contribution in [3.63, 3.8) is 0 Å². The summed E-state index contributed by atoms with van der Waals surface area (Å²) in [5.74, 6) is 0.704. The van der Waals surface area contributed by atoms with Crippen molar-refractivity contribution >= 4 is 16.8 Å². The number of nitrogen functional groups attached to an aromatic ring is 1. The lowest BCUT2D eigenvalue weighted by molar-refractivity contribution is 0.469. The van der Waals surface area contributed by atoms with Gasteiger partial charge < -0.3 is 5.73 Å². The molecule has 0 heterocycles. The Bertz CT molecular complexity index is 1220. The van der Waals surface area contributed by atoms with Crippen LogP contribution >= 0.6 is 0 Å². The largest absolute Gasteiger partial charge is 0.399 e. The van der Waals surface area contributed by atoms with Gasteiger partial charge in [0, 0.05) is 11.3 Å². The van der Waals surface area contributed by atoms with Crippen molar-refractivity contribution in [1.29, 1.82) is 0 Å². The van der Waals surface area contributed by atoms with Crippen molar-refractivity contribution in [3.05, 3.63) is 99.9 Å². The number of allylic oxidation sites excluding steroid dienone is 1. The molecule has 1 fully saturated rings. The number of rotatable bonds is 6. The highest BCUT2D eigenvalue weighted by Gasteiger charge is 2.22. The standard InChI is InChI=1S/C31H34FN.C4H9F/c1-21-10-16-28(30(32)18-21)29-9-5-4-8-25-20-26(33)15-17-27(25)31(29)24-13-11-23(12-14-24)19-22-6-2-3-7-22;1-2-3-4-5/h10-18,20,22H,2-9,19,33H2,1H3;2-4H2,1H3/b31-29+;. The first-order valence-electron chi connectivity index (χ1n) is 14.5. The van der Waals surface area contributed by atoms with E-state index in [1.165, 1.54) is 59.9 Å². The van der Waals surface area contributed by atoms with Gasteiger partial charge in [0.15, 0.2) is 0 Å². The van der Waals surface area contributed by atoms with E-state index in [2.05, 4.69) is 36.4 Å². The summed E-state index contributed by atoms with van der Waals surface area (Å²) in [5.41, 5.74) is 16.0. The summed E-state index contributed by atoms with van der Waals surface area (Å²) >= 11 is 0. The first-order chi connectivity index (χ1) is 18.5. The summed E-state index contributed by atoms with van der Waals surface area (Å²) in [7, 11) is 0. The molecule has 0 atom stereocenters. The Labute approximate surface area is 228 Å². The number of benzene rings is 3. The molecule has 2 aliphatic carbocycles. The zero-order chi connectivity index (χ0) is 26.9. The average molecular weight is 516 g/mol. The predicted molar refractivity (Wildman–Crippen MR) is 158 cm³/mol. The molecule has 0 aromatic heterocycles. The molecule has 2 N–H and O–H groups in total. The van der Waals surface area contributed by atoms with E-state index in [0.29, 0.717) is 0 Å². The molecule has 0 radical (unpaired) electrons. The molecule has 202 valence electrons. The van der Waals surface area contributed by atoms with E-state index in [1.54, 1.807) is 6.07 Å². The molecule has 3 aromatic carbocycles. The molecule has 0 amide bonds. The van der Waals surface area contributed by atoms with Gasteiger partial charge in [0.25, 0.3) is 0 Å². The number of fused-ring (bicyclic) bond motifs is 1. The Morgan fingerprint density at radius 1 is 0.842 bits per heavy atom. The molecule has 5 rings (SSSR count). The Balaban J connectivity index is 0.000000617. The lowest BCUT2D eigenvalue weighted by atomic mass is 9.81. The van der Waals surface area contributed by atoms with Gasteiger partial charge in [-0.05, 0) is 109 Å². The quantitative estimate of drug-likeness (QED) is 0.325. The number of nitrogens with two attached hydrogens (primary N) is 1. The van der Waals surface area contributed by atoms with E-state index >= 15 is 4.39 Å². The monoisotopic (exact) mass is 515 g/mol. The number of unbranched alkanes of at least 4 members (excludes halogenated alkanes) is 1. The Morgan fingerprint density at radius 2 is 1.55 bits per heavy atom. The molecule has 1 saturated carbocycles. The second-order valence-corrected chi connectivity index (χ2v) is 11.1. The van der Waals surface area contributed by atoms with Crippen LogP contribution in [-0.4, -0.2) is 6.67 Å². The van der Waals surface area contributed by atoms with E-state index in [-0.39, 0.29) is 12.5 Å². The molecule has 3 aromatic rings. The number of anilines is 1. The minimum Gasteiger partial charge on any atom is -0.399 e. The fraction of sp³-hybridized carbons (Fsp3) is 0.429. The van der Waals surface area contributed by atoms with Crippen molar-refractivity contribution in [2.75, 3.05) is 12.4 Å². The molecular formula is C35H43F2N. The summed E-state index contributed by atoms with van der Waals surface area (Å²) in [6.07, 6.45) is 12.3. The van der Waals surface area contributed by atoms with Crippen LogP contribution in [-0.2, 0) is 12.8 Å². The van der Waals surface area contributed by atoms with Gasteiger partial charge in [0.05, 0.1) is 6.67 Å². The zero-order valence-electron chi connectivity index (χ0n) is 23.2. The maximum atomic E-state index is 15.2. The summed E-state index contributed by atoms with van der Waals surface area (Å²) < 4.78 is 26.2. The molecule has 1 nitrogen and oxygen atoms in total. The van der Waals surface area contributed by atoms with Crippen LogP contribution in [0.3, 0.4) is 0 Å². The number of alkyl halides is 1. The van der Waals surface area contributed by atoms with Gasteiger partial charge in [-0.1, -0.05) is 81.5 Å². The van der Waals surface area contributed by atoms with E-state index in [1.807, 2.05) is 32.0 Å². The van der Waals surface area contributed by atoms with Crippen molar-refractivity contribution in [2.24, 2.45) is 5.92 Å². The van der Waals surface area contributed by atoms with Crippen LogP contribution in [0.15, 0.2) is 60.7 Å². The zero-order valence-corrected chi connectivity index (χ0v) is 23.2. The number of hydrogen-bond acceptors (Lipinski definition) is 1. The van der Waals surface area contributed by atoms with Gasteiger partial charge in [0.1, 0.15) is 5.82 Å². The fourth-order valence-corrected chi connectivity index (χ4v) is 5.92. The average Bonchev–Trinajstić information content (AvgIpc) is 3.40. The third-order valence-electron chi connectivity index (χ3n) is 8.00. The van der Waals surface area contributed by atoms with E-state index in [0.717, 1.165) is 66.8 Å². The van der Waals surface area contributed by atoms with Crippen LogP contribution < -0.4 is 5.73 Å². The van der Waals surface area contributed by atoms with Gasteiger partial charge in [-0.2, -0.15) is 0 Å². The van der Waals surface area contributed by atoms with Crippen LogP contribution in [0, 0.1) is 18.7 Å². The minimum atomic E-state index is -0.156. The Hall–Kier alpha value is -2.94. The maximum Gasteiger partial charge on any atom is 0.130 e. The van der Waals surface area contributed by atoms with E-state index in [9.17, 15) is 4.39 Å². The molecule has 0 saturated heterocycles. The van der Waals surface area contributed by atoms with Gasteiger partial charge >= 0.3 is 0 Å². The van der Waals surface area contributed by atoms with Gasteiger partial charge in [-0.15, -0.1) is 0 Å². The van der Waals surface area contributed by atoms with Gasteiger partial charge in [-0.3, -0.25) is 4.39 Å². The summed E-state index contributed by atoms with van der Waals surface area (Å²) in [4.78, 5) is 0. The molecule has 2 aliphatic rings. The van der Waals surface area contributed by atoms with E-state index in [4.69, 9.17) is 5.73 Å². The van der Waals surface area contributed by atoms with Crippen LogP contribution in [0.5, 0.6) is 0 Å². The molecule has 0 aliphatic heterocycles. The van der Waals surface area contributed by atoms with Gasteiger partial charge in [0.2, 0.25) is 0 Å². The fourth-order valence-electron chi connectivity index (χ4n) is 5.92. The van der Waals surface area contributed by atoms with Crippen LogP contribution in [0.4, 0.5) is 14.5 Å².